The highest BCUT2D eigenvalue weighted by Gasteiger charge is 2.10. The van der Waals surface area contributed by atoms with Crippen LogP contribution >= 0.6 is 12.4 Å². The molecule has 1 N–H and O–H groups in total. The van der Waals surface area contributed by atoms with Crippen molar-refractivity contribution in [2.45, 2.75) is 6.92 Å². The molecule has 1 aromatic rings. The SMILES string of the molecule is CNOC.CON(C)C(=O)/C(C)=C/c1ccccc1F.Cl. The second kappa shape index (κ2) is 12.3. The van der Waals surface area contributed by atoms with Crippen LogP contribution in [0.5, 0.6) is 0 Å². The Labute approximate surface area is 131 Å². The Hall–Kier alpha value is -1.47. The van der Waals surface area contributed by atoms with E-state index in [-0.39, 0.29) is 24.1 Å². The predicted octanol–water partition coefficient (Wildman–Crippen LogP) is 2.44. The zero-order valence-corrected chi connectivity index (χ0v) is 13.7. The Kier molecular flexibility index (Phi) is 12.8. The molecule has 0 aromatic heterocycles. The summed E-state index contributed by atoms with van der Waals surface area (Å²) in [5.74, 6) is -0.652. The minimum Gasteiger partial charge on any atom is -0.305 e. The maximum Gasteiger partial charge on any atom is 0.272 e. The van der Waals surface area contributed by atoms with Crippen LogP contribution in [0.2, 0.25) is 0 Å². The number of hydrogen-bond acceptors (Lipinski definition) is 4. The molecular weight excluding hydrogens is 299 g/mol. The van der Waals surface area contributed by atoms with Crippen LogP contribution in [-0.2, 0) is 14.5 Å². The van der Waals surface area contributed by atoms with Gasteiger partial charge >= 0.3 is 0 Å². The lowest BCUT2D eigenvalue weighted by atomic mass is 10.1. The summed E-state index contributed by atoms with van der Waals surface area (Å²) >= 11 is 0. The van der Waals surface area contributed by atoms with Gasteiger partial charge in [0.25, 0.3) is 5.91 Å². The summed E-state index contributed by atoms with van der Waals surface area (Å²) in [6.45, 7) is 1.62. The van der Waals surface area contributed by atoms with Gasteiger partial charge in [-0.15, -0.1) is 12.4 Å². The van der Waals surface area contributed by atoms with Gasteiger partial charge in [0, 0.05) is 25.2 Å². The topological polar surface area (TPSA) is 50.8 Å². The summed E-state index contributed by atoms with van der Waals surface area (Å²) in [5.41, 5.74) is 3.23. The first kappa shape index (κ1) is 21.8. The number of carbonyl (C=O) groups is 1. The van der Waals surface area contributed by atoms with Gasteiger partial charge in [0.05, 0.1) is 14.2 Å². The van der Waals surface area contributed by atoms with Gasteiger partial charge in [-0.3, -0.25) is 9.63 Å². The first-order chi connectivity index (χ1) is 9.47. The largest absolute Gasteiger partial charge is 0.305 e. The van der Waals surface area contributed by atoms with Crippen LogP contribution in [0.3, 0.4) is 0 Å². The maximum absolute atomic E-state index is 13.3. The normalized spacial score (nSPS) is 10.1. The lowest BCUT2D eigenvalue weighted by Gasteiger charge is -2.13. The van der Waals surface area contributed by atoms with Crippen molar-refractivity contribution in [3.63, 3.8) is 0 Å². The van der Waals surface area contributed by atoms with E-state index in [9.17, 15) is 9.18 Å². The fourth-order valence-corrected chi connectivity index (χ4v) is 1.22. The third-order valence-electron chi connectivity index (χ3n) is 2.38. The molecule has 120 valence electrons. The molecule has 0 bridgehead atoms. The molecule has 0 aliphatic heterocycles. The van der Waals surface area contributed by atoms with E-state index in [2.05, 4.69) is 10.3 Å². The molecule has 0 spiro atoms. The van der Waals surface area contributed by atoms with Crippen LogP contribution in [0, 0.1) is 5.82 Å². The molecule has 0 radical (unpaired) electrons. The van der Waals surface area contributed by atoms with E-state index in [1.165, 1.54) is 26.3 Å². The fourth-order valence-electron chi connectivity index (χ4n) is 1.22. The molecular formula is C14H22ClFN2O3. The molecule has 1 amide bonds. The molecule has 0 aliphatic carbocycles. The zero-order valence-electron chi connectivity index (χ0n) is 12.8. The Morgan fingerprint density at radius 1 is 1.33 bits per heavy atom. The summed E-state index contributed by atoms with van der Waals surface area (Å²) < 4.78 is 13.3. The highest BCUT2D eigenvalue weighted by Crippen LogP contribution is 2.12. The first-order valence-electron chi connectivity index (χ1n) is 5.92. The van der Waals surface area contributed by atoms with E-state index < -0.39 is 0 Å². The Morgan fingerprint density at radius 2 is 1.86 bits per heavy atom. The summed E-state index contributed by atoms with van der Waals surface area (Å²) in [4.78, 5) is 20.6. The van der Waals surface area contributed by atoms with Gasteiger partial charge in [-0.2, -0.15) is 0 Å². The predicted molar refractivity (Wildman–Crippen MR) is 83.1 cm³/mol. The standard InChI is InChI=1S/C12H14FNO2.C2H7NO.ClH/c1-9(12(15)14(2)16-3)8-10-6-4-5-7-11(10)13;1-3-4-2;/h4-8H,1-3H3;3H,1-2H3;1H/b9-8+;;. The summed E-state index contributed by atoms with van der Waals surface area (Å²) in [6.07, 6.45) is 1.49. The third kappa shape index (κ3) is 8.41. The number of amides is 1. The number of hydroxylamine groups is 3. The second-order valence-corrected chi connectivity index (χ2v) is 3.74. The van der Waals surface area contributed by atoms with Gasteiger partial charge < -0.3 is 4.84 Å². The Balaban J connectivity index is 0. The second-order valence-electron chi connectivity index (χ2n) is 3.74. The molecule has 0 aliphatic rings. The number of benzene rings is 1. The lowest BCUT2D eigenvalue weighted by molar-refractivity contribution is -0.163. The van der Waals surface area contributed by atoms with Gasteiger partial charge in [0.15, 0.2) is 0 Å². The molecule has 21 heavy (non-hydrogen) atoms. The number of rotatable bonds is 4. The van der Waals surface area contributed by atoms with E-state index in [0.29, 0.717) is 11.1 Å². The number of nitrogens with one attached hydrogen (secondary N) is 1. The van der Waals surface area contributed by atoms with Gasteiger partial charge in [-0.25, -0.2) is 14.9 Å². The minimum atomic E-state index is -0.352. The van der Waals surface area contributed by atoms with E-state index >= 15 is 0 Å². The van der Waals surface area contributed by atoms with Crippen LogP contribution in [0.25, 0.3) is 6.08 Å². The van der Waals surface area contributed by atoms with E-state index in [1.807, 2.05) is 0 Å². The highest BCUT2D eigenvalue weighted by atomic mass is 35.5. The van der Waals surface area contributed by atoms with E-state index in [1.54, 1.807) is 39.3 Å². The number of likely N-dealkylation sites (N-methyl/N-ethyl adjacent to an activating group) is 1. The molecule has 0 unspecified atom stereocenters. The molecule has 0 saturated carbocycles. The number of hydrogen-bond donors (Lipinski definition) is 1. The molecule has 5 nitrogen and oxygen atoms in total. The van der Waals surface area contributed by atoms with Crippen LogP contribution in [0.1, 0.15) is 12.5 Å². The summed E-state index contributed by atoms with van der Waals surface area (Å²) in [5, 5.41) is 1.09. The summed E-state index contributed by atoms with van der Waals surface area (Å²) in [7, 11) is 6.18. The molecule has 0 heterocycles. The van der Waals surface area contributed by atoms with Crippen LogP contribution in [-0.4, -0.2) is 39.3 Å². The Morgan fingerprint density at radius 3 is 2.29 bits per heavy atom. The number of carbonyl (C=O) groups excluding carboxylic acids is 1. The molecule has 1 rings (SSSR count). The lowest BCUT2D eigenvalue weighted by Crippen LogP contribution is -2.25. The van der Waals surface area contributed by atoms with Crippen molar-refractivity contribution >= 4 is 24.4 Å². The first-order valence-corrected chi connectivity index (χ1v) is 5.92. The van der Waals surface area contributed by atoms with Crippen molar-refractivity contribution in [2.75, 3.05) is 28.3 Å². The van der Waals surface area contributed by atoms with Gasteiger partial charge in [0.1, 0.15) is 5.82 Å². The van der Waals surface area contributed by atoms with Crippen LogP contribution < -0.4 is 5.48 Å². The molecule has 0 atom stereocenters. The molecule has 7 heteroatoms. The van der Waals surface area contributed by atoms with Crippen molar-refractivity contribution in [2.24, 2.45) is 0 Å². The highest BCUT2D eigenvalue weighted by molar-refractivity contribution is 5.96. The molecule has 0 saturated heterocycles. The van der Waals surface area contributed by atoms with Crippen molar-refractivity contribution in [1.29, 1.82) is 0 Å². The molecule has 1 aromatic carbocycles. The van der Waals surface area contributed by atoms with Crippen molar-refractivity contribution in [1.82, 2.24) is 10.5 Å². The zero-order chi connectivity index (χ0) is 15.5. The van der Waals surface area contributed by atoms with Crippen LogP contribution in [0.15, 0.2) is 29.8 Å². The average molecular weight is 321 g/mol. The van der Waals surface area contributed by atoms with Crippen LogP contribution in [0.4, 0.5) is 4.39 Å². The quantitative estimate of drug-likeness (QED) is 0.684. The minimum absolute atomic E-state index is 0. The van der Waals surface area contributed by atoms with Gasteiger partial charge in [0.2, 0.25) is 0 Å². The van der Waals surface area contributed by atoms with Gasteiger partial charge in [-0.05, 0) is 19.1 Å². The Bertz CT molecular complexity index is 454. The smallest absolute Gasteiger partial charge is 0.272 e. The fraction of sp³-hybridized carbons (Fsp3) is 0.357. The average Bonchev–Trinajstić information content (AvgIpc) is 2.48. The van der Waals surface area contributed by atoms with E-state index in [0.717, 1.165) is 5.06 Å². The number of nitrogens with zero attached hydrogens (tertiary/aromatic N) is 1. The van der Waals surface area contributed by atoms with Crippen molar-refractivity contribution in [3.05, 3.63) is 41.2 Å². The van der Waals surface area contributed by atoms with Crippen molar-refractivity contribution < 1.29 is 18.9 Å². The van der Waals surface area contributed by atoms with Crippen molar-refractivity contribution in [3.8, 4) is 0 Å². The van der Waals surface area contributed by atoms with E-state index in [4.69, 9.17) is 4.84 Å². The number of halogens is 2. The monoisotopic (exact) mass is 320 g/mol. The third-order valence-corrected chi connectivity index (χ3v) is 2.38. The van der Waals surface area contributed by atoms with Gasteiger partial charge in [-0.1, -0.05) is 18.2 Å². The maximum atomic E-state index is 13.3. The molecule has 0 fully saturated rings. The summed E-state index contributed by atoms with van der Waals surface area (Å²) in [6, 6.07) is 6.28.